The molecule has 0 aliphatic heterocycles. The maximum absolute atomic E-state index is 12.1. The Hall–Kier alpha value is -3.20. The van der Waals surface area contributed by atoms with Crippen LogP contribution in [0, 0.1) is 25.7 Å². The highest BCUT2D eigenvalue weighted by atomic mass is 16.3. The first-order valence-electron chi connectivity index (χ1n) is 26.8. The summed E-state index contributed by atoms with van der Waals surface area (Å²) in [7, 11) is 0. The van der Waals surface area contributed by atoms with Crippen LogP contribution >= 0.6 is 0 Å². The van der Waals surface area contributed by atoms with E-state index in [1.54, 1.807) is 0 Å². The summed E-state index contributed by atoms with van der Waals surface area (Å²) in [5, 5.41) is 24.1. The van der Waals surface area contributed by atoms with Crippen molar-refractivity contribution in [1.82, 2.24) is 0 Å². The van der Waals surface area contributed by atoms with Gasteiger partial charge in [-0.2, -0.15) is 0 Å². The fourth-order valence-electron chi connectivity index (χ4n) is 12.0. The van der Waals surface area contributed by atoms with Crippen molar-refractivity contribution in [2.45, 2.75) is 278 Å². The molecule has 0 fully saturated rings. The smallest absolute Gasteiger partial charge is 0.0990 e. The largest absolute Gasteiger partial charge is 0.385 e. The molecular formula is C68H116O2. The topological polar surface area (TPSA) is 40.5 Å². The van der Waals surface area contributed by atoms with Gasteiger partial charge in [0.2, 0.25) is 0 Å². The summed E-state index contributed by atoms with van der Waals surface area (Å²) in [6, 6.07) is 27.3. The second-order valence-corrected chi connectivity index (χ2v) is 22.6. The highest BCUT2D eigenvalue weighted by Crippen LogP contribution is 2.53. The molecule has 0 aromatic heterocycles. The number of hydrogen-bond acceptors (Lipinski definition) is 2. The molecule has 2 nitrogen and oxygen atoms in total. The van der Waals surface area contributed by atoms with Gasteiger partial charge in [-0.25, -0.2) is 0 Å². The number of fused-ring (bicyclic) bond motifs is 4. The zero-order valence-electron chi connectivity index (χ0n) is 46.8. The van der Waals surface area contributed by atoms with Gasteiger partial charge in [0.1, 0.15) is 0 Å². The molecule has 2 N–H and O–H groups in total. The first-order valence-corrected chi connectivity index (χ1v) is 26.8. The van der Waals surface area contributed by atoms with Crippen LogP contribution in [0.2, 0.25) is 0 Å². The van der Waals surface area contributed by atoms with Crippen LogP contribution in [0.3, 0.4) is 0 Å². The molecule has 0 amide bonds. The van der Waals surface area contributed by atoms with E-state index >= 15 is 0 Å². The molecule has 0 saturated heterocycles. The molecule has 0 bridgehead atoms. The molecular weight excluding hydrogens is 849 g/mol. The van der Waals surface area contributed by atoms with Gasteiger partial charge in [0.15, 0.2) is 0 Å². The highest BCUT2D eigenvalue weighted by Gasteiger charge is 2.47. The molecule has 8 rings (SSSR count). The van der Waals surface area contributed by atoms with E-state index in [2.05, 4.69) is 163 Å². The molecule has 70 heavy (non-hydrogen) atoms. The maximum atomic E-state index is 12.1. The number of aliphatic hydroxyl groups is 2. The molecule has 0 saturated carbocycles. The van der Waals surface area contributed by atoms with Crippen LogP contribution in [-0.2, 0) is 45.7 Å². The number of hydrogen-bond donors (Lipinski definition) is 2. The first kappa shape index (κ1) is 68.9. The van der Waals surface area contributed by atoms with Gasteiger partial charge in [-0.05, 0) is 161 Å². The lowest BCUT2D eigenvalue weighted by atomic mass is 9.61. The normalized spacial score (nSPS) is 23.2. The summed E-state index contributed by atoms with van der Waals surface area (Å²) >= 11 is 0. The first-order chi connectivity index (χ1) is 30.9. The Morgan fingerprint density at radius 2 is 0.914 bits per heavy atom. The summed E-state index contributed by atoms with van der Waals surface area (Å²) in [5.41, 5.74) is 15.1. The van der Waals surface area contributed by atoms with Crippen LogP contribution in [0.15, 0.2) is 72.8 Å². The molecule has 0 spiro atoms. The van der Waals surface area contributed by atoms with Crippen molar-refractivity contribution < 1.29 is 10.2 Å². The van der Waals surface area contributed by atoms with Crippen LogP contribution in [0.4, 0.5) is 0 Å². The van der Waals surface area contributed by atoms with Crippen LogP contribution < -0.4 is 0 Å². The van der Waals surface area contributed by atoms with E-state index in [9.17, 15) is 10.2 Å². The van der Waals surface area contributed by atoms with Crippen molar-refractivity contribution in [1.29, 1.82) is 0 Å². The lowest BCUT2D eigenvalue weighted by Gasteiger charge is -2.46. The van der Waals surface area contributed by atoms with Gasteiger partial charge in [-0.3, -0.25) is 0 Å². The fourth-order valence-corrected chi connectivity index (χ4v) is 12.0. The predicted molar refractivity (Wildman–Crippen MR) is 318 cm³/mol. The van der Waals surface area contributed by atoms with E-state index in [1.165, 1.54) is 81.3 Å². The maximum Gasteiger partial charge on any atom is 0.0990 e. The molecule has 0 heterocycles. The Morgan fingerprint density at radius 3 is 1.41 bits per heavy atom. The fraction of sp³-hybridized carbons (Fsp3) is 0.647. The van der Waals surface area contributed by atoms with Gasteiger partial charge < -0.3 is 10.2 Å². The second-order valence-electron chi connectivity index (χ2n) is 22.6. The minimum Gasteiger partial charge on any atom is -0.385 e. The third kappa shape index (κ3) is 13.7. The summed E-state index contributed by atoms with van der Waals surface area (Å²) in [6.07, 6.45) is 9.23. The van der Waals surface area contributed by atoms with Gasteiger partial charge in [-0.1, -0.05) is 245 Å². The second kappa shape index (κ2) is 27.2. The minimum absolute atomic E-state index is 0. The van der Waals surface area contributed by atoms with Gasteiger partial charge in [0, 0.05) is 11.8 Å². The quantitative estimate of drug-likeness (QED) is 0.214. The van der Waals surface area contributed by atoms with Gasteiger partial charge in [-0.15, -0.1) is 0 Å². The summed E-state index contributed by atoms with van der Waals surface area (Å²) in [5.74, 6) is 0.892. The monoisotopic (exact) mass is 965 g/mol. The molecule has 4 aromatic rings. The van der Waals surface area contributed by atoms with Gasteiger partial charge in [0.05, 0.1) is 11.2 Å². The summed E-state index contributed by atoms with van der Waals surface area (Å²) in [6.45, 7) is 48.1. The molecule has 2 heteroatoms. The van der Waals surface area contributed by atoms with E-state index < -0.39 is 11.2 Å². The molecule has 6 unspecified atom stereocenters. The molecule has 4 aliphatic rings. The predicted octanol–water partition coefficient (Wildman–Crippen LogP) is 20.5. The van der Waals surface area contributed by atoms with Gasteiger partial charge in [0.25, 0.3) is 0 Å². The average Bonchev–Trinajstić information content (AvgIpc) is 3.30. The zero-order chi connectivity index (χ0) is 50.4. The molecule has 4 aromatic carbocycles. The van der Waals surface area contributed by atoms with Crippen LogP contribution in [0.25, 0.3) is 0 Å². The van der Waals surface area contributed by atoms with Crippen molar-refractivity contribution in [3.8, 4) is 0 Å². The van der Waals surface area contributed by atoms with Crippen molar-refractivity contribution >= 4 is 0 Å². The Morgan fingerprint density at radius 1 is 0.514 bits per heavy atom. The lowest BCUT2D eigenvalue weighted by molar-refractivity contribution is -0.0487. The van der Waals surface area contributed by atoms with E-state index in [0.717, 1.165) is 36.8 Å². The molecule has 400 valence electrons. The third-order valence-electron chi connectivity index (χ3n) is 16.4. The SMILES string of the molecule is C.C.C.C.CC.CC.CC.CC.Cc1ccc2c(c1)CCC(C)C2(O)C(C)c1ccc2c(c1)C(C)(C)CCC2(C)C.Cc1ccc2c(c1)CCC(C)C2C(C)(O)c1ccc2c(c1)C(C)(C)CCC2(C)C. The van der Waals surface area contributed by atoms with Crippen molar-refractivity contribution in [2.75, 3.05) is 0 Å². The van der Waals surface area contributed by atoms with Crippen molar-refractivity contribution in [3.05, 3.63) is 140 Å². The summed E-state index contributed by atoms with van der Waals surface area (Å²) < 4.78 is 0. The van der Waals surface area contributed by atoms with Gasteiger partial charge >= 0.3 is 0 Å². The van der Waals surface area contributed by atoms with Crippen molar-refractivity contribution in [3.63, 3.8) is 0 Å². The van der Waals surface area contributed by atoms with E-state index in [0.29, 0.717) is 5.92 Å². The van der Waals surface area contributed by atoms with E-state index in [4.69, 9.17) is 0 Å². The van der Waals surface area contributed by atoms with Crippen LogP contribution in [0.5, 0.6) is 0 Å². The highest BCUT2D eigenvalue weighted by molar-refractivity contribution is 5.49. The Kier molecular flexibility index (Phi) is 26.8. The zero-order valence-corrected chi connectivity index (χ0v) is 46.8. The van der Waals surface area contributed by atoms with E-state index in [-0.39, 0.29) is 69.1 Å². The Labute approximate surface area is 437 Å². The average molecular weight is 966 g/mol. The number of rotatable bonds is 4. The lowest BCUT2D eigenvalue weighted by Crippen LogP contribution is -2.43. The number of benzene rings is 4. The standard InChI is InChI=1S/2C28H38O.4C2H6.4CH4/c1-18-8-12-22-20(16-18)10-9-19(2)25(22)28(7,29)21-11-13-23-24(17-21)27(5,6)15-14-26(23,3)4;1-18-8-12-23-22(16-18)10-9-19(2)28(23,29)20(3)21-11-13-24-25(17-21)27(6,7)15-14-26(24,4)5;4*1-2;;;;/h8,11-13,16-17,19,25,29H,9-10,14-15H2,1-7H3;8,11-13,16-17,19-20,29H,9-10,14-15H2,1-7H3;4*1-2H3;4*1H4. The van der Waals surface area contributed by atoms with Crippen LogP contribution in [-0.4, -0.2) is 10.2 Å². The molecule has 0 radical (unpaired) electrons. The van der Waals surface area contributed by atoms with E-state index in [1.807, 2.05) is 62.3 Å². The molecule has 6 atom stereocenters. The third-order valence-corrected chi connectivity index (χ3v) is 16.4. The molecule has 4 aliphatic carbocycles. The Balaban J connectivity index is 0. The van der Waals surface area contributed by atoms with Crippen LogP contribution in [0.1, 0.15) is 285 Å². The Bertz CT molecular complexity index is 2180. The number of aryl methyl sites for hydroxylation is 4. The van der Waals surface area contributed by atoms with Crippen molar-refractivity contribution in [2.24, 2.45) is 11.8 Å². The summed E-state index contributed by atoms with van der Waals surface area (Å²) in [4.78, 5) is 0. The minimum atomic E-state index is -0.878.